The van der Waals surface area contributed by atoms with Gasteiger partial charge in [-0.3, -0.25) is 10.2 Å². The van der Waals surface area contributed by atoms with Crippen molar-refractivity contribution in [3.8, 4) is 0 Å². The summed E-state index contributed by atoms with van der Waals surface area (Å²) >= 11 is 0. The number of rotatable bonds is 9. The molecule has 0 amide bonds. The van der Waals surface area contributed by atoms with E-state index in [1.54, 1.807) is 0 Å². The number of ether oxygens (including phenoxy) is 1. The van der Waals surface area contributed by atoms with E-state index in [4.69, 9.17) is 4.74 Å². The second kappa shape index (κ2) is 5.64. The zero-order valence-corrected chi connectivity index (χ0v) is 12.9. The summed E-state index contributed by atoms with van der Waals surface area (Å²) in [7, 11) is 1.54. The quantitative estimate of drug-likeness (QED) is 0.655. The first-order chi connectivity index (χ1) is 9.69. The van der Waals surface area contributed by atoms with Gasteiger partial charge in [-0.25, -0.2) is 4.79 Å². The van der Waals surface area contributed by atoms with Gasteiger partial charge in [0.25, 0.3) is 0 Å². The molecule has 0 radical (unpaired) electrons. The molecular formula is C16H28N2O2. The highest BCUT2D eigenvalue weighted by Gasteiger charge is 2.55. The van der Waals surface area contributed by atoms with Crippen LogP contribution in [0.5, 0.6) is 0 Å². The number of hydrogen-bond acceptors (Lipinski definition) is 4. The van der Waals surface area contributed by atoms with Crippen molar-refractivity contribution in [2.75, 3.05) is 20.2 Å². The molecule has 3 fully saturated rings. The fraction of sp³-hybridized carbons (Fsp3) is 0.938. The lowest BCUT2D eigenvalue weighted by Crippen LogP contribution is -2.62. The standard InChI is InChI=1S/C16H28N2O2/c1-3-10-18(14-8-9-14)11-16(12-4-5-12,15(19)20-2)17-13-6-7-13/h12-14,17H,3-11H2,1-2H3. The van der Waals surface area contributed by atoms with Crippen LogP contribution in [0, 0.1) is 5.92 Å². The van der Waals surface area contributed by atoms with E-state index >= 15 is 0 Å². The summed E-state index contributed by atoms with van der Waals surface area (Å²) in [4.78, 5) is 15.1. The second-order valence-electron chi connectivity index (χ2n) is 6.86. The van der Waals surface area contributed by atoms with Crippen LogP contribution >= 0.6 is 0 Å². The van der Waals surface area contributed by atoms with Gasteiger partial charge < -0.3 is 4.74 Å². The smallest absolute Gasteiger partial charge is 0.327 e. The van der Waals surface area contributed by atoms with E-state index in [1.165, 1.54) is 45.6 Å². The van der Waals surface area contributed by atoms with E-state index in [-0.39, 0.29) is 5.97 Å². The minimum absolute atomic E-state index is 0.0337. The summed E-state index contributed by atoms with van der Waals surface area (Å²) in [5.41, 5.74) is -0.437. The summed E-state index contributed by atoms with van der Waals surface area (Å²) in [6.45, 7) is 4.17. The summed E-state index contributed by atoms with van der Waals surface area (Å²) in [6, 6.07) is 1.25. The molecular weight excluding hydrogens is 252 g/mol. The predicted octanol–water partition coefficient (Wildman–Crippen LogP) is 1.93. The van der Waals surface area contributed by atoms with Crippen LogP contribution in [0.3, 0.4) is 0 Å². The molecule has 0 aromatic rings. The Kier molecular flexibility index (Phi) is 4.04. The molecule has 114 valence electrons. The third kappa shape index (κ3) is 3.01. The molecule has 3 aliphatic carbocycles. The van der Waals surface area contributed by atoms with E-state index in [0.717, 1.165) is 19.5 Å². The minimum atomic E-state index is -0.437. The van der Waals surface area contributed by atoms with Crippen LogP contribution < -0.4 is 5.32 Å². The Balaban J connectivity index is 1.76. The molecule has 4 heteroatoms. The van der Waals surface area contributed by atoms with Crippen molar-refractivity contribution in [3.63, 3.8) is 0 Å². The Bertz CT molecular complexity index is 361. The predicted molar refractivity (Wildman–Crippen MR) is 78.5 cm³/mol. The molecule has 0 saturated heterocycles. The van der Waals surface area contributed by atoms with Gasteiger partial charge in [-0.15, -0.1) is 0 Å². The SMILES string of the molecule is CCCN(CC(NC1CC1)(C(=O)OC)C1CC1)C1CC1. The molecule has 0 bridgehead atoms. The van der Waals surface area contributed by atoms with Crippen molar-refractivity contribution in [2.24, 2.45) is 5.92 Å². The number of nitrogens with zero attached hydrogens (tertiary/aromatic N) is 1. The van der Waals surface area contributed by atoms with Crippen LogP contribution in [0.2, 0.25) is 0 Å². The molecule has 3 rings (SSSR count). The van der Waals surface area contributed by atoms with Gasteiger partial charge in [-0.2, -0.15) is 0 Å². The number of methoxy groups -OCH3 is 1. The zero-order chi connectivity index (χ0) is 14.2. The van der Waals surface area contributed by atoms with Crippen LogP contribution in [0.1, 0.15) is 51.9 Å². The highest BCUT2D eigenvalue weighted by Crippen LogP contribution is 2.44. The highest BCUT2D eigenvalue weighted by molar-refractivity contribution is 5.82. The Morgan fingerprint density at radius 1 is 1.25 bits per heavy atom. The van der Waals surface area contributed by atoms with Gasteiger partial charge in [-0.1, -0.05) is 6.92 Å². The van der Waals surface area contributed by atoms with Crippen LogP contribution in [0.4, 0.5) is 0 Å². The minimum Gasteiger partial charge on any atom is -0.468 e. The average molecular weight is 280 g/mol. The third-order valence-corrected chi connectivity index (χ3v) is 4.89. The molecule has 0 aromatic carbocycles. The largest absolute Gasteiger partial charge is 0.468 e. The van der Waals surface area contributed by atoms with Gasteiger partial charge in [0, 0.05) is 18.6 Å². The van der Waals surface area contributed by atoms with Crippen LogP contribution in [0.15, 0.2) is 0 Å². The molecule has 1 atom stereocenters. The summed E-state index contributed by atoms with van der Waals surface area (Å²) in [5, 5.41) is 3.67. The van der Waals surface area contributed by atoms with E-state index in [2.05, 4.69) is 17.1 Å². The molecule has 0 heterocycles. The number of nitrogens with one attached hydrogen (secondary N) is 1. The summed E-state index contributed by atoms with van der Waals surface area (Å²) < 4.78 is 5.20. The maximum atomic E-state index is 12.6. The molecule has 0 aromatic heterocycles. The highest BCUT2D eigenvalue weighted by atomic mass is 16.5. The van der Waals surface area contributed by atoms with E-state index < -0.39 is 5.54 Å². The van der Waals surface area contributed by atoms with E-state index in [0.29, 0.717) is 18.0 Å². The van der Waals surface area contributed by atoms with Crippen molar-refractivity contribution < 1.29 is 9.53 Å². The molecule has 0 aliphatic heterocycles. The number of carbonyl (C=O) groups excluding carboxylic acids is 1. The number of carbonyl (C=O) groups is 1. The summed E-state index contributed by atoms with van der Waals surface area (Å²) in [5.74, 6) is 0.447. The Morgan fingerprint density at radius 2 is 1.95 bits per heavy atom. The van der Waals surface area contributed by atoms with Gasteiger partial charge in [0.1, 0.15) is 5.54 Å². The molecule has 4 nitrogen and oxygen atoms in total. The number of hydrogen-bond donors (Lipinski definition) is 1. The second-order valence-corrected chi connectivity index (χ2v) is 6.86. The average Bonchev–Trinajstić information content (AvgIpc) is 3.31. The fourth-order valence-electron chi connectivity index (χ4n) is 3.37. The number of esters is 1. The fourth-order valence-corrected chi connectivity index (χ4v) is 3.37. The zero-order valence-electron chi connectivity index (χ0n) is 12.9. The third-order valence-electron chi connectivity index (χ3n) is 4.89. The first-order valence-electron chi connectivity index (χ1n) is 8.29. The van der Waals surface area contributed by atoms with Gasteiger partial charge in [0.2, 0.25) is 0 Å². The molecule has 3 saturated carbocycles. The Labute approximate surface area is 122 Å². The van der Waals surface area contributed by atoms with E-state index in [9.17, 15) is 4.79 Å². The molecule has 3 aliphatic rings. The first kappa shape index (κ1) is 14.3. The van der Waals surface area contributed by atoms with Crippen molar-refractivity contribution in [3.05, 3.63) is 0 Å². The van der Waals surface area contributed by atoms with E-state index in [1.807, 2.05) is 0 Å². The molecule has 1 unspecified atom stereocenters. The van der Waals surface area contributed by atoms with Crippen molar-refractivity contribution in [2.45, 2.75) is 69.5 Å². The van der Waals surface area contributed by atoms with Crippen molar-refractivity contribution in [1.29, 1.82) is 0 Å². The lowest BCUT2D eigenvalue weighted by molar-refractivity contribution is -0.151. The van der Waals surface area contributed by atoms with Gasteiger partial charge in [-0.05, 0) is 57.4 Å². The van der Waals surface area contributed by atoms with Crippen molar-refractivity contribution in [1.82, 2.24) is 10.2 Å². The maximum Gasteiger partial charge on any atom is 0.327 e. The Morgan fingerprint density at radius 3 is 2.40 bits per heavy atom. The van der Waals surface area contributed by atoms with Crippen LogP contribution in [-0.2, 0) is 9.53 Å². The summed E-state index contributed by atoms with van der Waals surface area (Å²) in [6.07, 6.45) is 8.50. The normalized spacial score (nSPS) is 25.6. The van der Waals surface area contributed by atoms with Crippen molar-refractivity contribution >= 4 is 5.97 Å². The van der Waals surface area contributed by atoms with Crippen LogP contribution in [0.25, 0.3) is 0 Å². The van der Waals surface area contributed by atoms with Crippen LogP contribution in [-0.4, -0.2) is 48.7 Å². The Hall–Kier alpha value is -0.610. The molecule has 0 spiro atoms. The topological polar surface area (TPSA) is 41.6 Å². The molecule has 20 heavy (non-hydrogen) atoms. The lowest BCUT2D eigenvalue weighted by Gasteiger charge is -2.37. The van der Waals surface area contributed by atoms with Gasteiger partial charge in [0.05, 0.1) is 7.11 Å². The molecule has 1 N–H and O–H groups in total. The maximum absolute atomic E-state index is 12.6. The van der Waals surface area contributed by atoms with Gasteiger partial charge in [0.15, 0.2) is 0 Å². The first-order valence-corrected chi connectivity index (χ1v) is 8.29. The van der Waals surface area contributed by atoms with Gasteiger partial charge >= 0.3 is 5.97 Å². The lowest BCUT2D eigenvalue weighted by atomic mass is 9.91. The monoisotopic (exact) mass is 280 g/mol.